The number of carbonyl (C=O) groups is 3. The molecule has 0 fully saturated rings. The number of hydrogen-bond acceptors (Lipinski definition) is 8. The number of nitrogens with one attached hydrogen (secondary N) is 2. The molecule has 0 spiro atoms. The smallest absolute Gasteiger partial charge is 0.252 e. The number of ether oxygens (including phenoxy) is 1. The number of nitrogens with zero attached hydrogens (tertiary/aromatic N) is 3. The average Bonchev–Trinajstić information content (AvgIpc) is 3.04. The molecule has 0 saturated heterocycles. The first-order valence-electron chi connectivity index (χ1n) is 13.4. The minimum Gasteiger partial charge on any atom is -0.496 e. The van der Waals surface area contributed by atoms with Gasteiger partial charge in [0, 0.05) is 16.3 Å². The van der Waals surface area contributed by atoms with Crippen molar-refractivity contribution in [1.29, 1.82) is 5.26 Å². The van der Waals surface area contributed by atoms with Crippen LogP contribution < -0.4 is 25.2 Å². The largest absolute Gasteiger partial charge is 0.496 e. The molecule has 0 saturated carbocycles. The number of benzene rings is 3. The summed E-state index contributed by atoms with van der Waals surface area (Å²) in [5.74, 6) is -2.13. The first-order chi connectivity index (χ1) is 20.3. The van der Waals surface area contributed by atoms with Crippen LogP contribution in [0.25, 0.3) is 10.8 Å². The fourth-order valence-electron chi connectivity index (χ4n) is 5.16. The van der Waals surface area contributed by atoms with Crippen molar-refractivity contribution in [2.75, 3.05) is 36.0 Å². The lowest BCUT2D eigenvalue weighted by Gasteiger charge is -2.32. The van der Waals surface area contributed by atoms with Gasteiger partial charge in [0.25, 0.3) is 5.91 Å². The lowest BCUT2D eigenvalue weighted by atomic mass is 10.0. The van der Waals surface area contributed by atoms with Gasteiger partial charge in [-0.25, -0.2) is 8.42 Å². The molecule has 0 aliphatic carbocycles. The van der Waals surface area contributed by atoms with Gasteiger partial charge in [0.2, 0.25) is 11.8 Å². The molecule has 226 valence electrons. The van der Waals surface area contributed by atoms with Crippen LogP contribution in [0.15, 0.2) is 53.0 Å². The van der Waals surface area contributed by atoms with Gasteiger partial charge in [0.1, 0.15) is 17.5 Å². The maximum Gasteiger partial charge on any atom is 0.252 e. The van der Waals surface area contributed by atoms with Crippen LogP contribution in [0.5, 0.6) is 5.75 Å². The molecule has 11 nitrogen and oxygen atoms in total. The summed E-state index contributed by atoms with van der Waals surface area (Å²) in [4.78, 5) is 43.9. The number of fused-ring (bicyclic) bond motifs is 2. The van der Waals surface area contributed by atoms with Gasteiger partial charge in [0.05, 0.1) is 48.7 Å². The summed E-state index contributed by atoms with van der Waals surface area (Å²) in [5.41, 5.74) is 1.31. The monoisotopic (exact) mass is 669 g/mol. The van der Waals surface area contributed by atoms with Crippen molar-refractivity contribution >= 4 is 65.6 Å². The van der Waals surface area contributed by atoms with E-state index in [-0.39, 0.29) is 23.5 Å². The Morgan fingerprint density at radius 3 is 2.49 bits per heavy atom. The second kappa shape index (κ2) is 12.7. The minimum absolute atomic E-state index is 0.0243. The summed E-state index contributed by atoms with van der Waals surface area (Å²) in [5, 5.41) is 17.0. The van der Waals surface area contributed by atoms with Crippen LogP contribution >= 0.6 is 15.9 Å². The Balaban J connectivity index is 1.98. The molecule has 1 unspecified atom stereocenters. The van der Waals surface area contributed by atoms with E-state index in [1.807, 2.05) is 30.3 Å². The van der Waals surface area contributed by atoms with Gasteiger partial charge in [-0.1, -0.05) is 28.1 Å². The predicted molar refractivity (Wildman–Crippen MR) is 168 cm³/mol. The fraction of sp³-hybridized carbons (Fsp3) is 0.333. The van der Waals surface area contributed by atoms with E-state index in [2.05, 4.69) is 26.6 Å². The molecule has 0 bridgehead atoms. The number of methoxy groups -OCH3 is 1. The quantitative estimate of drug-likeness (QED) is 0.372. The van der Waals surface area contributed by atoms with Crippen LogP contribution in [0.1, 0.15) is 25.0 Å². The highest BCUT2D eigenvalue weighted by Gasteiger charge is 2.43. The van der Waals surface area contributed by atoms with E-state index < -0.39 is 51.4 Å². The van der Waals surface area contributed by atoms with Gasteiger partial charge in [-0.2, -0.15) is 5.26 Å². The molecule has 3 aromatic rings. The minimum atomic E-state index is -3.77. The summed E-state index contributed by atoms with van der Waals surface area (Å²) in [6.07, 6.45) is 0.941. The number of likely N-dealkylation sites (N-methyl/N-ethyl adjacent to an activating group) is 1. The van der Waals surface area contributed by atoms with E-state index in [1.54, 1.807) is 33.0 Å². The molecule has 13 heteroatoms. The Kier molecular flexibility index (Phi) is 9.44. The summed E-state index contributed by atoms with van der Waals surface area (Å²) < 4.78 is 31.0. The number of sulfone groups is 1. The number of nitriles is 1. The molecule has 3 aromatic carbocycles. The van der Waals surface area contributed by atoms with Crippen molar-refractivity contribution in [3.63, 3.8) is 0 Å². The first-order valence-corrected chi connectivity index (χ1v) is 16.2. The van der Waals surface area contributed by atoms with Crippen LogP contribution in [0, 0.1) is 11.3 Å². The Hall–Kier alpha value is -3.99. The molecule has 4 rings (SSSR count). The molecule has 43 heavy (non-hydrogen) atoms. The van der Waals surface area contributed by atoms with Gasteiger partial charge in [0.15, 0.2) is 9.84 Å². The molecular formula is C30H32BrN5O6S. The van der Waals surface area contributed by atoms with E-state index in [4.69, 9.17) is 4.74 Å². The van der Waals surface area contributed by atoms with Gasteiger partial charge < -0.3 is 25.2 Å². The standard InChI is InChI=1S/C30H32BrN5O6S/c1-17(33-3)29(38)34-28-18(2)36(27(37)16-43(5,40)41)25-13-19(14-32)9-11-24(25)35(30(28)39)15-22-20-7-6-8-23(31)21(20)10-12-26(22)42-4/h6-13,17-18,28,33H,15-16H2,1-5H3,(H,34,38)/t17?,18-,28-/m0/s1. The lowest BCUT2D eigenvalue weighted by Crippen LogP contribution is -2.60. The Morgan fingerprint density at radius 1 is 1.14 bits per heavy atom. The number of halogens is 1. The summed E-state index contributed by atoms with van der Waals surface area (Å²) in [6, 6.07) is 13.0. The van der Waals surface area contributed by atoms with Crippen molar-refractivity contribution in [2.45, 2.75) is 38.5 Å². The zero-order valence-electron chi connectivity index (χ0n) is 24.3. The zero-order chi connectivity index (χ0) is 31.6. The van der Waals surface area contributed by atoms with E-state index >= 15 is 0 Å². The first kappa shape index (κ1) is 31.9. The summed E-state index contributed by atoms with van der Waals surface area (Å²) >= 11 is 3.58. The highest BCUT2D eigenvalue weighted by atomic mass is 79.9. The van der Waals surface area contributed by atoms with Crippen molar-refractivity contribution in [1.82, 2.24) is 10.6 Å². The number of rotatable bonds is 8. The SMILES string of the molecule is CNC(C)C(=O)N[C@@H]1C(=O)N(Cc2c(OC)ccc3c(Br)cccc23)c2ccc(C#N)cc2N(C(=O)CS(C)(=O)=O)[C@H]1C. The van der Waals surface area contributed by atoms with Crippen molar-refractivity contribution in [3.05, 3.63) is 64.1 Å². The van der Waals surface area contributed by atoms with E-state index in [0.717, 1.165) is 21.5 Å². The van der Waals surface area contributed by atoms with Crippen molar-refractivity contribution in [2.24, 2.45) is 0 Å². The third kappa shape index (κ3) is 6.51. The molecule has 0 aromatic heterocycles. The third-order valence-electron chi connectivity index (χ3n) is 7.47. The second-order valence-electron chi connectivity index (χ2n) is 10.4. The Labute approximate surface area is 258 Å². The van der Waals surface area contributed by atoms with E-state index in [1.165, 1.54) is 29.0 Å². The molecule has 2 N–H and O–H groups in total. The molecule has 1 aliphatic heterocycles. The summed E-state index contributed by atoms with van der Waals surface area (Å²) in [7, 11) is -0.648. The molecule has 0 radical (unpaired) electrons. The zero-order valence-corrected chi connectivity index (χ0v) is 26.7. The third-order valence-corrected chi connectivity index (χ3v) is 8.93. The van der Waals surface area contributed by atoms with Crippen LogP contribution in [0.2, 0.25) is 0 Å². The van der Waals surface area contributed by atoms with Crippen molar-refractivity contribution in [3.8, 4) is 11.8 Å². The summed E-state index contributed by atoms with van der Waals surface area (Å²) in [6.45, 7) is 3.16. The van der Waals surface area contributed by atoms with Gasteiger partial charge in [-0.05, 0) is 68.1 Å². The van der Waals surface area contributed by atoms with Crippen LogP contribution in [0.3, 0.4) is 0 Å². The number of amides is 3. The lowest BCUT2D eigenvalue weighted by molar-refractivity contribution is -0.129. The highest BCUT2D eigenvalue weighted by molar-refractivity contribution is 9.10. The number of carbonyl (C=O) groups excluding carboxylic acids is 3. The molecule has 1 heterocycles. The van der Waals surface area contributed by atoms with Gasteiger partial charge in [-0.3, -0.25) is 14.4 Å². The fourth-order valence-corrected chi connectivity index (χ4v) is 6.25. The van der Waals surface area contributed by atoms with Gasteiger partial charge >= 0.3 is 0 Å². The Bertz CT molecular complexity index is 1760. The van der Waals surface area contributed by atoms with Crippen LogP contribution in [0.4, 0.5) is 11.4 Å². The maximum absolute atomic E-state index is 14.5. The number of anilines is 2. The second-order valence-corrected chi connectivity index (χ2v) is 13.4. The molecule has 3 amide bonds. The van der Waals surface area contributed by atoms with Crippen molar-refractivity contribution < 1.29 is 27.5 Å². The maximum atomic E-state index is 14.5. The average molecular weight is 671 g/mol. The topological polar surface area (TPSA) is 149 Å². The van der Waals surface area contributed by atoms with Crippen LogP contribution in [-0.4, -0.2) is 70.4 Å². The predicted octanol–water partition coefficient (Wildman–Crippen LogP) is 2.89. The highest BCUT2D eigenvalue weighted by Crippen LogP contribution is 2.40. The molecule has 1 aliphatic rings. The normalized spacial score (nSPS) is 17.6. The molecule has 3 atom stereocenters. The van der Waals surface area contributed by atoms with E-state index in [9.17, 15) is 28.1 Å². The Morgan fingerprint density at radius 2 is 1.86 bits per heavy atom. The van der Waals surface area contributed by atoms with E-state index in [0.29, 0.717) is 11.3 Å². The molecular weight excluding hydrogens is 638 g/mol. The number of hydrogen-bond donors (Lipinski definition) is 2. The van der Waals surface area contributed by atoms with Crippen LogP contribution in [-0.2, 0) is 30.8 Å². The van der Waals surface area contributed by atoms with Gasteiger partial charge in [-0.15, -0.1) is 0 Å².